The summed E-state index contributed by atoms with van der Waals surface area (Å²) in [4.78, 5) is 34.0. The SMILES string of the molecule is Cc1ccccc1NC(=O)C(=O)NCC(c1cccnc1)N1CCN(c2ccccc2)CC1. The molecule has 1 atom stereocenters. The summed E-state index contributed by atoms with van der Waals surface area (Å²) in [5, 5.41) is 5.52. The summed E-state index contributed by atoms with van der Waals surface area (Å²) < 4.78 is 0. The topological polar surface area (TPSA) is 77.6 Å². The van der Waals surface area contributed by atoms with E-state index >= 15 is 0 Å². The Morgan fingerprint density at radius 1 is 0.909 bits per heavy atom. The van der Waals surface area contributed by atoms with Crippen LogP contribution in [0.25, 0.3) is 0 Å². The average molecular weight is 444 g/mol. The second kappa shape index (κ2) is 10.7. The minimum absolute atomic E-state index is 0.0631. The third-order valence-electron chi connectivity index (χ3n) is 6.00. The highest BCUT2D eigenvalue weighted by Crippen LogP contribution is 2.23. The predicted molar refractivity (Wildman–Crippen MR) is 130 cm³/mol. The Hall–Kier alpha value is -3.71. The molecule has 1 saturated heterocycles. The zero-order valence-corrected chi connectivity index (χ0v) is 18.8. The van der Waals surface area contributed by atoms with E-state index in [-0.39, 0.29) is 6.04 Å². The van der Waals surface area contributed by atoms with E-state index < -0.39 is 11.8 Å². The van der Waals surface area contributed by atoms with E-state index in [0.717, 1.165) is 37.3 Å². The van der Waals surface area contributed by atoms with Gasteiger partial charge in [-0.3, -0.25) is 19.5 Å². The number of amides is 2. The van der Waals surface area contributed by atoms with Gasteiger partial charge in [-0.05, 0) is 42.3 Å². The largest absolute Gasteiger partial charge is 0.369 e. The number of nitrogens with zero attached hydrogens (tertiary/aromatic N) is 3. The van der Waals surface area contributed by atoms with Crippen molar-refractivity contribution in [3.63, 3.8) is 0 Å². The van der Waals surface area contributed by atoms with Gasteiger partial charge < -0.3 is 15.5 Å². The number of carbonyl (C=O) groups is 2. The molecule has 1 aromatic heterocycles. The van der Waals surface area contributed by atoms with Gasteiger partial charge in [-0.25, -0.2) is 0 Å². The fourth-order valence-corrected chi connectivity index (χ4v) is 4.12. The van der Waals surface area contributed by atoms with Crippen molar-refractivity contribution in [1.29, 1.82) is 0 Å². The van der Waals surface area contributed by atoms with Gasteiger partial charge in [0.05, 0.1) is 6.04 Å². The Bertz CT molecular complexity index is 1070. The van der Waals surface area contributed by atoms with Gasteiger partial charge in [0.2, 0.25) is 0 Å². The number of nitrogens with one attached hydrogen (secondary N) is 2. The standard InChI is InChI=1S/C26H29N5O2/c1-20-8-5-6-12-23(20)29-26(33)25(32)28-19-24(21-9-7-13-27-18-21)31-16-14-30(15-17-31)22-10-3-2-4-11-22/h2-13,18,24H,14-17,19H2,1H3,(H,28,32)(H,29,33). The van der Waals surface area contributed by atoms with Crippen LogP contribution in [0.15, 0.2) is 79.1 Å². The Kier molecular flexibility index (Phi) is 7.32. The predicted octanol–water partition coefficient (Wildman–Crippen LogP) is 3.01. The zero-order valence-electron chi connectivity index (χ0n) is 18.8. The van der Waals surface area contributed by atoms with Crippen LogP contribution in [0.1, 0.15) is 17.2 Å². The van der Waals surface area contributed by atoms with E-state index in [1.165, 1.54) is 5.69 Å². The smallest absolute Gasteiger partial charge is 0.313 e. The number of aromatic nitrogens is 1. The highest BCUT2D eigenvalue weighted by molar-refractivity contribution is 6.39. The zero-order chi connectivity index (χ0) is 23.0. The van der Waals surface area contributed by atoms with E-state index in [2.05, 4.69) is 49.7 Å². The molecule has 2 heterocycles. The van der Waals surface area contributed by atoms with Gasteiger partial charge in [0.15, 0.2) is 0 Å². The van der Waals surface area contributed by atoms with Gasteiger partial charge in [0.1, 0.15) is 0 Å². The van der Waals surface area contributed by atoms with Crippen LogP contribution < -0.4 is 15.5 Å². The van der Waals surface area contributed by atoms with Crippen LogP contribution in [0.2, 0.25) is 0 Å². The molecule has 2 aromatic carbocycles. The second-order valence-electron chi connectivity index (χ2n) is 8.14. The molecular weight excluding hydrogens is 414 g/mol. The minimum Gasteiger partial charge on any atom is -0.369 e. The molecule has 1 aliphatic heterocycles. The summed E-state index contributed by atoms with van der Waals surface area (Å²) in [6.07, 6.45) is 3.57. The second-order valence-corrected chi connectivity index (χ2v) is 8.14. The number of aryl methyl sites for hydroxylation is 1. The van der Waals surface area contributed by atoms with Crippen LogP contribution in [0, 0.1) is 6.92 Å². The molecule has 170 valence electrons. The van der Waals surface area contributed by atoms with Crippen LogP contribution in [0.3, 0.4) is 0 Å². The number of hydrogen-bond acceptors (Lipinski definition) is 5. The van der Waals surface area contributed by atoms with Crippen LogP contribution in [-0.4, -0.2) is 54.4 Å². The third-order valence-corrected chi connectivity index (χ3v) is 6.00. The number of rotatable bonds is 6. The number of benzene rings is 2. The van der Waals surface area contributed by atoms with Crippen LogP contribution in [0.4, 0.5) is 11.4 Å². The maximum absolute atomic E-state index is 12.5. The molecule has 1 aliphatic rings. The molecule has 0 spiro atoms. The van der Waals surface area contributed by atoms with Crippen molar-refractivity contribution in [2.45, 2.75) is 13.0 Å². The number of hydrogen-bond donors (Lipinski definition) is 2. The first-order valence-electron chi connectivity index (χ1n) is 11.2. The first kappa shape index (κ1) is 22.5. The Morgan fingerprint density at radius 2 is 1.64 bits per heavy atom. The lowest BCUT2D eigenvalue weighted by molar-refractivity contribution is -0.136. The monoisotopic (exact) mass is 443 g/mol. The van der Waals surface area contributed by atoms with E-state index in [0.29, 0.717) is 12.2 Å². The van der Waals surface area contributed by atoms with Gasteiger partial charge in [-0.15, -0.1) is 0 Å². The Morgan fingerprint density at radius 3 is 2.33 bits per heavy atom. The maximum Gasteiger partial charge on any atom is 0.313 e. The summed E-state index contributed by atoms with van der Waals surface area (Å²) in [6.45, 7) is 5.70. The summed E-state index contributed by atoms with van der Waals surface area (Å²) in [5.41, 5.74) is 3.78. The van der Waals surface area contributed by atoms with Crippen molar-refractivity contribution in [2.24, 2.45) is 0 Å². The molecule has 2 N–H and O–H groups in total. The molecule has 0 bridgehead atoms. The quantitative estimate of drug-likeness (QED) is 0.573. The van der Waals surface area contributed by atoms with Crippen molar-refractivity contribution < 1.29 is 9.59 Å². The molecule has 0 radical (unpaired) electrons. The molecule has 0 saturated carbocycles. The number of pyridine rings is 1. The number of piperazine rings is 1. The Labute approximate surface area is 194 Å². The Balaban J connectivity index is 1.39. The summed E-state index contributed by atoms with van der Waals surface area (Å²) in [5.74, 6) is -1.31. The lowest BCUT2D eigenvalue weighted by Crippen LogP contribution is -2.50. The van der Waals surface area contributed by atoms with Crippen LogP contribution in [-0.2, 0) is 9.59 Å². The lowest BCUT2D eigenvalue weighted by Gasteiger charge is -2.40. The first-order chi connectivity index (χ1) is 16.1. The highest BCUT2D eigenvalue weighted by Gasteiger charge is 2.27. The van der Waals surface area contributed by atoms with Gasteiger partial charge in [0, 0.05) is 56.5 Å². The molecule has 0 aliphatic carbocycles. The fraction of sp³-hybridized carbons (Fsp3) is 0.269. The maximum atomic E-state index is 12.5. The lowest BCUT2D eigenvalue weighted by atomic mass is 10.1. The molecule has 33 heavy (non-hydrogen) atoms. The van der Waals surface area contributed by atoms with Crippen molar-refractivity contribution in [3.8, 4) is 0 Å². The van der Waals surface area contributed by atoms with E-state index in [4.69, 9.17) is 0 Å². The summed E-state index contributed by atoms with van der Waals surface area (Å²) in [7, 11) is 0. The molecule has 1 unspecified atom stereocenters. The van der Waals surface area contributed by atoms with Gasteiger partial charge in [-0.2, -0.15) is 0 Å². The van der Waals surface area contributed by atoms with E-state index in [1.807, 2.05) is 49.5 Å². The van der Waals surface area contributed by atoms with Gasteiger partial charge in [0.25, 0.3) is 0 Å². The summed E-state index contributed by atoms with van der Waals surface area (Å²) >= 11 is 0. The molecule has 2 amide bonds. The van der Waals surface area contributed by atoms with Crippen molar-refractivity contribution in [3.05, 3.63) is 90.3 Å². The molecule has 7 heteroatoms. The van der Waals surface area contributed by atoms with E-state index in [1.54, 1.807) is 12.3 Å². The van der Waals surface area contributed by atoms with Gasteiger partial charge in [-0.1, -0.05) is 42.5 Å². The van der Waals surface area contributed by atoms with Gasteiger partial charge >= 0.3 is 11.8 Å². The first-order valence-corrected chi connectivity index (χ1v) is 11.2. The summed E-state index contributed by atoms with van der Waals surface area (Å²) in [6, 6.07) is 21.6. The van der Waals surface area contributed by atoms with E-state index in [9.17, 15) is 9.59 Å². The normalized spacial score (nSPS) is 15.0. The van der Waals surface area contributed by atoms with Crippen molar-refractivity contribution >= 4 is 23.2 Å². The highest BCUT2D eigenvalue weighted by atomic mass is 16.2. The molecule has 4 rings (SSSR count). The van der Waals surface area contributed by atoms with Crippen molar-refractivity contribution in [1.82, 2.24) is 15.2 Å². The fourth-order valence-electron chi connectivity index (χ4n) is 4.12. The third kappa shape index (κ3) is 5.75. The average Bonchev–Trinajstić information content (AvgIpc) is 2.87. The molecule has 1 fully saturated rings. The molecular formula is C26H29N5O2. The number of para-hydroxylation sites is 2. The number of carbonyl (C=O) groups excluding carboxylic acids is 2. The van der Waals surface area contributed by atoms with Crippen LogP contribution >= 0.6 is 0 Å². The minimum atomic E-state index is -0.664. The molecule has 7 nitrogen and oxygen atoms in total. The van der Waals surface area contributed by atoms with Crippen molar-refractivity contribution in [2.75, 3.05) is 42.9 Å². The molecule has 3 aromatic rings. The number of anilines is 2. The van der Waals surface area contributed by atoms with Crippen LogP contribution in [0.5, 0.6) is 0 Å².